The average molecular weight is 367 g/mol. The molecule has 0 fully saturated rings. The number of Topliss-reactive ketones (excluding diaryl/α,β-unsaturated/α-hetero) is 1. The van der Waals surface area contributed by atoms with Gasteiger partial charge in [0.05, 0.1) is 7.11 Å². The highest BCUT2D eigenvalue weighted by molar-refractivity contribution is 14.1. The Morgan fingerprint density at radius 3 is 2.53 bits per heavy atom. The SMILES string of the molecule is COc1ccc(N)c(C(=O)Cc2ccc(I)cc2)c1. The van der Waals surface area contributed by atoms with Crippen LogP contribution in [-0.4, -0.2) is 12.9 Å². The number of anilines is 1. The van der Waals surface area contributed by atoms with Crippen molar-refractivity contribution in [2.75, 3.05) is 12.8 Å². The van der Waals surface area contributed by atoms with Gasteiger partial charge < -0.3 is 10.5 Å². The summed E-state index contributed by atoms with van der Waals surface area (Å²) in [7, 11) is 1.57. The highest BCUT2D eigenvalue weighted by Gasteiger charge is 2.11. The number of nitrogen functional groups attached to an aromatic ring is 1. The molecular weight excluding hydrogens is 353 g/mol. The molecule has 0 spiro atoms. The van der Waals surface area contributed by atoms with E-state index in [-0.39, 0.29) is 5.78 Å². The fraction of sp³-hybridized carbons (Fsp3) is 0.133. The second-order valence-electron chi connectivity index (χ2n) is 4.18. The number of ketones is 1. The maximum absolute atomic E-state index is 12.3. The molecule has 0 aliphatic carbocycles. The molecular formula is C15H14INO2. The molecule has 0 saturated carbocycles. The molecule has 0 amide bonds. The molecule has 0 aromatic heterocycles. The zero-order chi connectivity index (χ0) is 13.8. The average Bonchev–Trinajstić information content (AvgIpc) is 2.42. The number of carbonyl (C=O) groups is 1. The van der Waals surface area contributed by atoms with Crippen LogP contribution in [0.4, 0.5) is 5.69 Å². The lowest BCUT2D eigenvalue weighted by Gasteiger charge is -2.07. The monoisotopic (exact) mass is 367 g/mol. The quantitative estimate of drug-likeness (QED) is 0.513. The van der Waals surface area contributed by atoms with Crippen molar-refractivity contribution in [2.24, 2.45) is 0 Å². The molecule has 0 heterocycles. The van der Waals surface area contributed by atoms with Crippen molar-refractivity contribution in [1.82, 2.24) is 0 Å². The summed E-state index contributed by atoms with van der Waals surface area (Å²) in [4.78, 5) is 12.3. The first-order valence-corrected chi connectivity index (χ1v) is 6.89. The van der Waals surface area contributed by atoms with Crippen molar-refractivity contribution in [3.8, 4) is 5.75 Å². The van der Waals surface area contributed by atoms with Gasteiger partial charge in [-0.3, -0.25) is 4.79 Å². The summed E-state index contributed by atoms with van der Waals surface area (Å²) < 4.78 is 6.27. The first-order valence-electron chi connectivity index (χ1n) is 5.81. The Kier molecular flexibility index (Phi) is 4.42. The maximum atomic E-state index is 12.3. The van der Waals surface area contributed by atoms with Gasteiger partial charge in [-0.1, -0.05) is 12.1 Å². The predicted molar refractivity (Wildman–Crippen MR) is 84.6 cm³/mol. The molecule has 98 valence electrons. The van der Waals surface area contributed by atoms with Crippen LogP contribution in [0, 0.1) is 3.57 Å². The van der Waals surface area contributed by atoms with Gasteiger partial charge >= 0.3 is 0 Å². The van der Waals surface area contributed by atoms with Gasteiger partial charge in [0.2, 0.25) is 0 Å². The fourth-order valence-electron chi connectivity index (χ4n) is 1.79. The van der Waals surface area contributed by atoms with E-state index in [9.17, 15) is 4.79 Å². The Hall–Kier alpha value is -1.56. The second-order valence-corrected chi connectivity index (χ2v) is 5.43. The molecule has 0 atom stereocenters. The standard InChI is InChI=1S/C15H14INO2/c1-19-12-6-7-14(17)13(9-12)15(18)8-10-2-4-11(16)5-3-10/h2-7,9H,8,17H2,1H3. The fourth-order valence-corrected chi connectivity index (χ4v) is 2.15. The summed E-state index contributed by atoms with van der Waals surface area (Å²) in [5.74, 6) is 0.637. The molecule has 2 aromatic carbocycles. The van der Waals surface area contributed by atoms with Gasteiger partial charge in [0.15, 0.2) is 5.78 Å². The first kappa shape index (κ1) is 13.9. The number of rotatable bonds is 4. The van der Waals surface area contributed by atoms with E-state index in [0.29, 0.717) is 23.4 Å². The van der Waals surface area contributed by atoms with Gasteiger partial charge in [-0.2, -0.15) is 0 Å². The van der Waals surface area contributed by atoms with Crippen LogP contribution in [0.3, 0.4) is 0 Å². The zero-order valence-corrected chi connectivity index (χ0v) is 12.7. The number of ether oxygens (including phenoxy) is 1. The lowest BCUT2D eigenvalue weighted by Crippen LogP contribution is -2.07. The predicted octanol–water partition coefficient (Wildman–Crippen LogP) is 3.31. The third-order valence-electron chi connectivity index (χ3n) is 2.84. The highest BCUT2D eigenvalue weighted by Crippen LogP contribution is 2.21. The van der Waals surface area contributed by atoms with Crippen LogP contribution in [0.25, 0.3) is 0 Å². The van der Waals surface area contributed by atoms with Gasteiger partial charge in [0, 0.05) is 21.2 Å². The largest absolute Gasteiger partial charge is 0.497 e. The van der Waals surface area contributed by atoms with Crippen LogP contribution in [0.15, 0.2) is 42.5 Å². The van der Waals surface area contributed by atoms with Gasteiger partial charge in [-0.25, -0.2) is 0 Å². The molecule has 2 aromatic rings. The molecule has 2 N–H and O–H groups in total. The number of hydrogen-bond acceptors (Lipinski definition) is 3. The minimum Gasteiger partial charge on any atom is -0.497 e. The normalized spacial score (nSPS) is 10.2. The van der Waals surface area contributed by atoms with E-state index in [1.54, 1.807) is 25.3 Å². The molecule has 0 aliphatic rings. The number of carbonyl (C=O) groups excluding carboxylic acids is 1. The number of nitrogens with two attached hydrogens (primary N) is 1. The summed E-state index contributed by atoms with van der Waals surface area (Å²) in [6.45, 7) is 0. The smallest absolute Gasteiger partial charge is 0.169 e. The van der Waals surface area contributed by atoms with Crippen molar-refractivity contribution in [3.05, 3.63) is 57.2 Å². The third kappa shape index (κ3) is 3.47. The molecule has 19 heavy (non-hydrogen) atoms. The maximum Gasteiger partial charge on any atom is 0.169 e. The molecule has 3 nitrogen and oxygen atoms in total. The van der Waals surface area contributed by atoms with Crippen LogP contribution >= 0.6 is 22.6 Å². The number of halogens is 1. The summed E-state index contributed by atoms with van der Waals surface area (Å²) in [5.41, 5.74) is 7.82. The van der Waals surface area contributed by atoms with Gasteiger partial charge in [-0.15, -0.1) is 0 Å². The van der Waals surface area contributed by atoms with Crippen molar-refractivity contribution >= 4 is 34.1 Å². The topological polar surface area (TPSA) is 52.3 Å². The van der Waals surface area contributed by atoms with E-state index in [2.05, 4.69) is 22.6 Å². The molecule has 0 bridgehead atoms. The van der Waals surface area contributed by atoms with Crippen molar-refractivity contribution in [1.29, 1.82) is 0 Å². The van der Waals surface area contributed by atoms with Crippen molar-refractivity contribution in [3.63, 3.8) is 0 Å². The Labute approximate surface area is 125 Å². The van der Waals surface area contributed by atoms with Crippen LogP contribution in [0.5, 0.6) is 5.75 Å². The molecule has 0 unspecified atom stereocenters. The van der Waals surface area contributed by atoms with Crippen LogP contribution in [-0.2, 0) is 6.42 Å². The van der Waals surface area contributed by atoms with E-state index in [0.717, 1.165) is 9.13 Å². The zero-order valence-electron chi connectivity index (χ0n) is 10.5. The van der Waals surface area contributed by atoms with E-state index in [4.69, 9.17) is 10.5 Å². The molecule has 0 aliphatic heterocycles. The minimum absolute atomic E-state index is 0.00221. The van der Waals surface area contributed by atoms with Gasteiger partial charge in [0.1, 0.15) is 5.75 Å². The number of hydrogen-bond donors (Lipinski definition) is 1. The Morgan fingerprint density at radius 2 is 1.89 bits per heavy atom. The molecule has 0 saturated heterocycles. The molecule has 4 heteroatoms. The van der Waals surface area contributed by atoms with E-state index < -0.39 is 0 Å². The third-order valence-corrected chi connectivity index (χ3v) is 3.56. The number of methoxy groups -OCH3 is 1. The Balaban J connectivity index is 2.22. The van der Waals surface area contributed by atoms with Crippen molar-refractivity contribution < 1.29 is 9.53 Å². The Morgan fingerprint density at radius 1 is 1.21 bits per heavy atom. The van der Waals surface area contributed by atoms with Gasteiger partial charge in [-0.05, 0) is 58.5 Å². The van der Waals surface area contributed by atoms with Crippen LogP contribution < -0.4 is 10.5 Å². The van der Waals surface area contributed by atoms with E-state index in [1.165, 1.54) is 0 Å². The van der Waals surface area contributed by atoms with E-state index in [1.807, 2.05) is 24.3 Å². The first-order chi connectivity index (χ1) is 9.10. The van der Waals surface area contributed by atoms with E-state index >= 15 is 0 Å². The lowest BCUT2D eigenvalue weighted by molar-refractivity contribution is 0.0993. The summed E-state index contributed by atoms with van der Waals surface area (Å²) in [5, 5.41) is 0. The Bertz CT molecular complexity index is 594. The van der Waals surface area contributed by atoms with Crippen LogP contribution in [0.1, 0.15) is 15.9 Å². The number of benzene rings is 2. The lowest BCUT2D eigenvalue weighted by atomic mass is 10.0. The van der Waals surface area contributed by atoms with Crippen LogP contribution in [0.2, 0.25) is 0 Å². The summed E-state index contributed by atoms with van der Waals surface area (Å²) in [6, 6.07) is 13.0. The van der Waals surface area contributed by atoms with Gasteiger partial charge in [0.25, 0.3) is 0 Å². The summed E-state index contributed by atoms with van der Waals surface area (Å²) >= 11 is 2.23. The second kappa shape index (κ2) is 6.06. The highest BCUT2D eigenvalue weighted by atomic mass is 127. The van der Waals surface area contributed by atoms with Crippen molar-refractivity contribution in [2.45, 2.75) is 6.42 Å². The molecule has 2 rings (SSSR count). The minimum atomic E-state index is -0.00221. The summed E-state index contributed by atoms with van der Waals surface area (Å²) in [6.07, 6.45) is 0.342. The molecule has 0 radical (unpaired) electrons.